The lowest BCUT2D eigenvalue weighted by atomic mass is 10.1. The van der Waals surface area contributed by atoms with Gasteiger partial charge >= 0.3 is 0 Å². The molecule has 0 unspecified atom stereocenters. The SMILES string of the molecule is Cc1ccc(F)c(S(=O)(=O)NCCC2=CCNCC2)c1. The summed E-state index contributed by atoms with van der Waals surface area (Å²) in [4.78, 5) is -0.281. The molecule has 1 aromatic carbocycles. The lowest BCUT2D eigenvalue weighted by Crippen LogP contribution is -2.27. The number of hydrogen-bond donors (Lipinski definition) is 2. The van der Waals surface area contributed by atoms with Gasteiger partial charge in [-0.05, 0) is 44.0 Å². The summed E-state index contributed by atoms with van der Waals surface area (Å²) < 4.78 is 40.2. The minimum absolute atomic E-state index is 0.281. The first-order valence-corrected chi connectivity index (χ1v) is 8.12. The smallest absolute Gasteiger partial charge is 0.243 e. The van der Waals surface area contributed by atoms with Gasteiger partial charge in [-0.25, -0.2) is 17.5 Å². The van der Waals surface area contributed by atoms with E-state index in [1.54, 1.807) is 13.0 Å². The highest BCUT2D eigenvalue weighted by atomic mass is 32.2. The molecule has 0 spiro atoms. The van der Waals surface area contributed by atoms with Crippen molar-refractivity contribution in [1.29, 1.82) is 0 Å². The third-order valence-corrected chi connectivity index (χ3v) is 4.75. The Balaban J connectivity index is 2.00. The first-order valence-electron chi connectivity index (χ1n) is 6.63. The number of nitrogens with one attached hydrogen (secondary N) is 2. The Morgan fingerprint density at radius 1 is 1.40 bits per heavy atom. The fourth-order valence-corrected chi connectivity index (χ4v) is 3.33. The molecule has 0 saturated carbocycles. The minimum atomic E-state index is -3.78. The molecule has 0 aliphatic carbocycles. The number of sulfonamides is 1. The van der Waals surface area contributed by atoms with E-state index >= 15 is 0 Å². The highest BCUT2D eigenvalue weighted by molar-refractivity contribution is 7.89. The standard InChI is InChI=1S/C14H19FN2O2S/c1-11-2-3-13(15)14(10-11)20(18,19)17-9-6-12-4-7-16-8-5-12/h2-4,10,16-17H,5-9H2,1H3. The molecule has 0 bridgehead atoms. The van der Waals surface area contributed by atoms with Crippen LogP contribution < -0.4 is 10.0 Å². The molecule has 110 valence electrons. The number of rotatable bonds is 5. The number of hydrogen-bond acceptors (Lipinski definition) is 3. The molecule has 0 fully saturated rings. The average Bonchev–Trinajstić information content (AvgIpc) is 2.42. The Morgan fingerprint density at radius 3 is 2.90 bits per heavy atom. The van der Waals surface area contributed by atoms with Gasteiger partial charge in [0.05, 0.1) is 0 Å². The summed E-state index contributed by atoms with van der Waals surface area (Å²) in [5.41, 5.74) is 1.95. The average molecular weight is 298 g/mol. The summed E-state index contributed by atoms with van der Waals surface area (Å²) in [5.74, 6) is -0.718. The van der Waals surface area contributed by atoms with Gasteiger partial charge in [0, 0.05) is 13.1 Å². The molecule has 4 nitrogen and oxygen atoms in total. The van der Waals surface area contributed by atoms with E-state index < -0.39 is 15.8 Å². The lowest BCUT2D eigenvalue weighted by Gasteiger charge is -2.14. The van der Waals surface area contributed by atoms with Gasteiger partial charge in [0.1, 0.15) is 10.7 Å². The maximum atomic E-state index is 13.6. The van der Waals surface area contributed by atoms with Gasteiger partial charge in [-0.2, -0.15) is 0 Å². The minimum Gasteiger partial charge on any atom is -0.313 e. The molecule has 2 N–H and O–H groups in total. The summed E-state index contributed by atoms with van der Waals surface area (Å²) in [7, 11) is -3.78. The van der Waals surface area contributed by atoms with Crippen LogP contribution in [0.25, 0.3) is 0 Å². The third-order valence-electron chi connectivity index (χ3n) is 3.27. The second kappa shape index (κ2) is 6.47. The number of aryl methyl sites for hydroxylation is 1. The highest BCUT2D eigenvalue weighted by Crippen LogP contribution is 2.16. The highest BCUT2D eigenvalue weighted by Gasteiger charge is 2.18. The van der Waals surface area contributed by atoms with Crippen molar-refractivity contribution >= 4 is 10.0 Å². The fourth-order valence-electron chi connectivity index (χ4n) is 2.14. The zero-order valence-corrected chi connectivity index (χ0v) is 12.3. The van der Waals surface area contributed by atoms with Crippen LogP contribution in [0.3, 0.4) is 0 Å². The molecule has 1 aromatic rings. The molecular weight excluding hydrogens is 279 g/mol. The maximum absolute atomic E-state index is 13.6. The van der Waals surface area contributed by atoms with Crippen molar-refractivity contribution in [3.63, 3.8) is 0 Å². The summed E-state index contributed by atoms with van der Waals surface area (Å²) in [6.07, 6.45) is 3.67. The normalized spacial score (nSPS) is 16.0. The van der Waals surface area contributed by atoms with Crippen molar-refractivity contribution in [2.45, 2.75) is 24.7 Å². The van der Waals surface area contributed by atoms with E-state index in [0.717, 1.165) is 19.5 Å². The van der Waals surface area contributed by atoms with E-state index in [9.17, 15) is 12.8 Å². The van der Waals surface area contributed by atoms with E-state index in [4.69, 9.17) is 0 Å². The second-order valence-corrected chi connectivity index (χ2v) is 6.63. The Labute approximate surface area is 119 Å². The molecule has 0 saturated heterocycles. The zero-order chi connectivity index (χ0) is 14.6. The van der Waals surface area contributed by atoms with E-state index in [1.165, 1.54) is 17.7 Å². The second-order valence-electron chi connectivity index (χ2n) is 4.90. The maximum Gasteiger partial charge on any atom is 0.243 e. The topological polar surface area (TPSA) is 58.2 Å². The molecular formula is C14H19FN2O2S. The van der Waals surface area contributed by atoms with Crippen molar-refractivity contribution in [2.75, 3.05) is 19.6 Å². The van der Waals surface area contributed by atoms with Gasteiger partial charge in [-0.3, -0.25) is 0 Å². The van der Waals surface area contributed by atoms with Crippen LogP contribution in [0, 0.1) is 12.7 Å². The summed E-state index contributed by atoms with van der Waals surface area (Å²) >= 11 is 0. The van der Waals surface area contributed by atoms with Crippen LogP contribution in [0.4, 0.5) is 4.39 Å². The molecule has 1 aliphatic heterocycles. The van der Waals surface area contributed by atoms with Crippen LogP contribution >= 0.6 is 0 Å². The molecule has 1 aliphatic rings. The van der Waals surface area contributed by atoms with Crippen LogP contribution in [0.1, 0.15) is 18.4 Å². The fraction of sp³-hybridized carbons (Fsp3) is 0.429. The van der Waals surface area contributed by atoms with Gasteiger partial charge < -0.3 is 5.32 Å². The van der Waals surface area contributed by atoms with Crippen molar-refractivity contribution in [2.24, 2.45) is 0 Å². The molecule has 0 aromatic heterocycles. The Kier molecular flexibility index (Phi) is 4.91. The predicted molar refractivity (Wildman–Crippen MR) is 76.5 cm³/mol. The first-order chi connectivity index (χ1) is 9.49. The molecule has 0 atom stereocenters. The Bertz CT molecular complexity index is 612. The van der Waals surface area contributed by atoms with Crippen molar-refractivity contribution in [3.05, 3.63) is 41.2 Å². The van der Waals surface area contributed by atoms with Crippen LogP contribution in [0.2, 0.25) is 0 Å². The van der Waals surface area contributed by atoms with E-state index in [-0.39, 0.29) is 4.90 Å². The predicted octanol–water partition coefficient (Wildman–Crippen LogP) is 1.72. The van der Waals surface area contributed by atoms with Crippen LogP contribution in [-0.2, 0) is 10.0 Å². The van der Waals surface area contributed by atoms with Crippen LogP contribution in [0.5, 0.6) is 0 Å². The Morgan fingerprint density at radius 2 is 2.20 bits per heavy atom. The first kappa shape index (κ1) is 15.2. The van der Waals surface area contributed by atoms with Crippen molar-refractivity contribution < 1.29 is 12.8 Å². The summed E-state index contributed by atoms with van der Waals surface area (Å²) in [5, 5.41) is 3.20. The summed E-state index contributed by atoms with van der Waals surface area (Å²) in [6, 6.07) is 4.08. The van der Waals surface area contributed by atoms with Gasteiger partial charge in [0.25, 0.3) is 0 Å². The molecule has 6 heteroatoms. The van der Waals surface area contributed by atoms with Crippen molar-refractivity contribution in [3.8, 4) is 0 Å². The van der Waals surface area contributed by atoms with Crippen molar-refractivity contribution in [1.82, 2.24) is 10.0 Å². The molecule has 0 radical (unpaired) electrons. The zero-order valence-electron chi connectivity index (χ0n) is 11.4. The van der Waals surface area contributed by atoms with Gasteiger partial charge in [-0.15, -0.1) is 0 Å². The van der Waals surface area contributed by atoms with Crippen LogP contribution in [-0.4, -0.2) is 28.1 Å². The molecule has 2 rings (SSSR count). The third kappa shape index (κ3) is 3.88. The molecule has 20 heavy (non-hydrogen) atoms. The van der Waals surface area contributed by atoms with Gasteiger partial charge in [-0.1, -0.05) is 17.7 Å². The van der Waals surface area contributed by atoms with E-state index in [1.807, 2.05) is 0 Å². The monoisotopic (exact) mass is 298 g/mol. The van der Waals surface area contributed by atoms with E-state index in [2.05, 4.69) is 16.1 Å². The molecule has 0 amide bonds. The molecule has 1 heterocycles. The van der Waals surface area contributed by atoms with E-state index in [0.29, 0.717) is 18.5 Å². The van der Waals surface area contributed by atoms with Gasteiger partial charge in [0.15, 0.2) is 0 Å². The Hall–Kier alpha value is -1.24. The van der Waals surface area contributed by atoms with Crippen LogP contribution in [0.15, 0.2) is 34.7 Å². The lowest BCUT2D eigenvalue weighted by molar-refractivity contribution is 0.555. The largest absolute Gasteiger partial charge is 0.313 e. The van der Waals surface area contributed by atoms with Gasteiger partial charge in [0.2, 0.25) is 10.0 Å². The number of benzene rings is 1. The summed E-state index contributed by atoms with van der Waals surface area (Å²) in [6.45, 7) is 3.78. The quantitative estimate of drug-likeness (QED) is 0.814. The number of halogens is 1.